The van der Waals surface area contributed by atoms with Gasteiger partial charge in [-0.1, -0.05) is 11.6 Å². The van der Waals surface area contributed by atoms with Crippen molar-refractivity contribution in [3.63, 3.8) is 0 Å². The Hall–Kier alpha value is -1.62. The predicted molar refractivity (Wildman–Crippen MR) is 49.9 cm³/mol. The molecule has 1 heterocycles. The monoisotopic (exact) mass is 214 g/mol. The molecule has 74 valence electrons. The van der Waals surface area contributed by atoms with Gasteiger partial charge in [-0.25, -0.2) is 9.78 Å². The Morgan fingerprint density at radius 1 is 1.50 bits per heavy atom. The molecule has 6 heteroatoms. The molecular weight excluding hydrogens is 208 g/mol. The highest BCUT2D eigenvalue weighted by atomic mass is 35.5. The maximum atomic E-state index is 11.0. The van der Waals surface area contributed by atoms with E-state index in [0.717, 1.165) is 7.11 Å². The molecule has 0 unspecified atom stereocenters. The van der Waals surface area contributed by atoms with Gasteiger partial charge in [0.05, 0.1) is 12.1 Å². The lowest BCUT2D eigenvalue weighted by Crippen LogP contribution is -2.24. The summed E-state index contributed by atoms with van der Waals surface area (Å²) in [4.78, 5) is 25.4. The number of rotatable bonds is 1. The smallest absolute Gasteiger partial charge is 0.396 e. The van der Waals surface area contributed by atoms with Crippen LogP contribution in [0.2, 0.25) is 5.02 Å². The van der Waals surface area contributed by atoms with E-state index in [1.54, 1.807) is 6.07 Å². The van der Waals surface area contributed by atoms with Gasteiger partial charge in [-0.15, -0.1) is 0 Å². The molecule has 14 heavy (non-hydrogen) atoms. The van der Waals surface area contributed by atoms with Gasteiger partial charge in [0.15, 0.2) is 0 Å². The molecule has 5 nitrogen and oxygen atoms in total. The fourth-order valence-electron chi connectivity index (χ4n) is 0.710. The number of carbonyl (C=O) groups is 2. The van der Waals surface area contributed by atoms with Crippen LogP contribution in [0.25, 0.3) is 0 Å². The second-order valence-electron chi connectivity index (χ2n) is 2.31. The minimum absolute atomic E-state index is 0.241. The highest BCUT2D eigenvalue weighted by Crippen LogP contribution is 2.09. The number of nitrogens with one attached hydrogen (secondary N) is 1. The third-order valence-corrected chi connectivity index (χ3v) is 1.56. The van der Waals surface area contributed by atoms with Crippen LogP contribution in [0, 0.1) is 0 Å². The zero-order valence-electron chi connectivity index (χ0n) is 7.28. The van der Waals surface area contributed by atoms with Crippen LogP contribution in [0.3, 0.4) is 0 Å². The average Bonchev–Trinajstić information content (AvgIpc) is 2.20. The van der Waals surface area contributed by atoms with Gasteiger partial charge in [0.25, 0.3) is 0 Å². The van der Waals surface area contributed by atoms with Gasteiger partial charge >= 0.3 is 11.9 Å². The number of pyridine rings is 1. The van der Waals surface area contributed by atoms with Crippen molar-refractivity contribution in [1.82, 2.24) is 4.98 Å². The van der Waals surface area contributed by atoms with E-state index in [9.17, 15) is 9.59 Å². The van der Waals surface area contributed by atoms with Crippen molar-refractivity contribution in [2.24, 2.45) is 0 Å². The minimum atomic E-state index is -0.971. The fraction of sp³-hybridized carbons (Fsp3) is 0.125. The molecule has 0 spiro atoms. The first-order chi connectivity index (χ1) is 6.63. The number of halogens is 1. The summed E-state index contributed by atoms with van der Waals surface area (Å²) in [6, 6.07) is 3.02. The summed E-state index contributed by atoms with van der Waals surface area (Å²) in [7, 11) is 1.12. The molecule has 1 aromatic heterocycles. The first-order valence-electron chi connectivity index (χ1n) is 3.64. The van der Waals surface area contributed by atoms with Crippen LogP contribution in [0.4, 0.5) is 5.82 Å². The van der Waals surface area contributed by atoms with Crippen molar-refractivity contribution in [3.05, 3.63) is 23.4 Å². The van der Waals surface area contributed by atoms with Gasteiger partial charge in [-0.05, 0) is 12.1 Å². The Kier molecular flexibility index (Phi) is 3.41. The maximum absolute atomic E-state index is 11.0. The molecule has 0 aliphatic heterocycles. The van der Waals surface area contributed by atoms with E-state index >= 15 is 0 Å². The average molecular weight is 215 g/mol. The number of carbonyl (C=O) groups excluding carboxylic acids is 2. The number of methoxy groups -OCH3 is 1. The molecule has 0 fully saturated rings. The number of anilines is 1. The van der Waals surface area contributed by atoms with E-state index in [1.165, 1.54) is 12.3 Å². The van der Waals surface area contributed by atoms with Gasteiger partial charge in [0.1, 0.15) is 5.82 Å². The molecule has 1 N–H and O–H groups in total. The van der Waals surface area contributed by atoms with Crippen LogP contribution in [0.15, 0.2) is 18.3 Å². The Labute approximate surface area is 85.0 Å². The standard InChI is InChI=1S/C8H7ClN2O3/c1-14-8(13)7(12)11-6-3-2-5(9)4-10-6/h2-4H,1H3,(H,10,11,12). The molecule has 0 saturated heterocycles. The fourth-order valence-corrected chi connectivity index (χ4v) is 0.822. The summed E-state index contributed by atoms with van der Waals surface area (Å²) < 4.78 is 4.20. The van der Waals surface area contributed by atoms with Crippen molar-refractivity contribution in [1.29, 1.82) is 0 Å². The van der Waals surface area contributed by atoms with Crippen LogP contribution < -0.4 is 5.32 Å². The number of aromatic nitrogens is 1. The molecule has 0 bridgehead atoms. The minimum Gasteiger partial charge on any atom is -0.462 e. The van der Waals surface area contributed by atoms with Crippen LogP contribution in [0.5, 0.6) is 0 Å². The molecule has 0 aliphatic carbocycles. The van der Waals surface area contributed by atoms with Crippen LogP contribution in [0.1, 0.15) is 0 Å². The normalized spacial score (nSPS) is 9.29. The lowest BCUT2D eigenvalue weighted by Gasteiger charge is -2.01. The van der Waals surface area contributed by atoms with Crippen LogP contribution >= 0.6 is 11.6 Å². The summed E-state index contributed by atoms with van der Waals surface area (Å²) in [6.45, 7) is 0. The van der Waals surface area contributed by atoms with E-state index in [4.69, 9.17) is 11.6 Å². The molecule has 1 amide bonds. The number of amides is 1. The third-order valence-electron chi connectivity index (χ3n) is 1.34. The first-order valence-corrected chi connectivity index (χ1v) is 4.02. The lowest BCUT2D eigenvalue weighted by molar-refractivity contribution is -0.150. The number of esters is 1. The third kappa shape index (κ3) is 2.70. The van der Waals surface area contributed by atoms with Gasteiger partial charge < -0.3 is 10.1 Å². The van der Waals surface area contributed by atoms with Crippen molar-refractivity contribution < 1.29 is 14.3 Å². The van der Waals surface area contributed by atoms with Crippen LogP contribution in [-0.4, -0.2) is 24.0 Å². The summed E-state index contributed by atoms with van der Waals surface area (Å²) >= 11 is 5.57. The van der Waals surface area contributed by atoms with Gasteiger partial charge in [0.2, 0.25) is 0 Å². The zero-order chi connectivity index (χ0) is 10.6. The predicted octanol–water partition coefficient (Wildman–Crippen LogP) is 0.846. The second-order valence-corrected chi connectivity index (χ2v) is 2.74. The summed E-state index contributed by atoms with van der Waals surface area (Å²) in [6.07, 6.45) is 1.36. The Morgan fingerprint density at radius 3 is 2.71 bits per heavy atom. The Balaban J connectivity index is 2.65. The number of hydrogen-bond donors (Lipinski definition) is 1. The van der Waals surface area contributed by atoms with Crippen LogP contribution in [-0.2, 0) is 14.3 Å². The Morgan fingerprint density at radius 2 is 2.21 bits per heavy atom. The van der Waals surface area contributed by atoms with E-state index in [-0.39, 0.29) is 5.82 Å². The first kappa shape index (κ1) is 10.5. The zero-order valence-corrected chi connectivity index (χ0v) is 8.04. The second kappa shape index (κ2) is 4.57. The number of nitrogens with zero attached hydrogens (tertiary/aromatic N) is 1. The van der Waals surface area contributed by atoms with E-state index in [1.807, 2.05) is 0 Å². The lowest BCUT2D eigenvalue weighted by atomic mass is 10.4. The molecule has 1 rings (SSSR count). The SMILES string of the molecule is COC(=O)C(=O)Nc1ccc(Cl)cn1. The van der Waals surface area contributed by atoms with Crippen molar-refractivity contribution in [2.45, 2.75) is 0 Å². The molecule has 0 atom stereocenters. The van der Waals surface area contributed by atoms with E-state index < -0.39 is 11.9 Å². The largest absolute Gasteiger partial charge is 0.462 e. The van der Waals surface area contributed by atoms with Crippen molar-refractivity contribution in [3.8, 4) is 0 Å². The molecule has 0 radical (unpaired) electrons. The van der Waals surface area contributed by atoms with Crippen molar-refractivity contribution >= 4 is 29.3 Å². The summed E-state index contributed by atoms with van der Waals surface area (Å²) in [5.74, 6) is -1.60. The number of ether oxygens (including phenoxy) is 1. The maximum Gasteiger partial charge on any atom is 0.396 e. The molecule has 0 saturated carbocycles. The Bertz CT molecular complexity index is 350. The van der Waals surface area contributed by atoms with E-state index in [0.29, 0.717) is 5.02 Å². The van der Waals surface area contributed by atoms with Gasteiger partial charge in [-0.3, -0.25) is 4.79 Å². The quantitative estimate of drug-likeness (QED) is 0.556. The summed E-state index contributed by atoms with van der Waals surface area (Å²) in [5, 5.41) is 2.68. The number of hydrogen-bond acceptors (Lipinski definition) is 4. The van der Waals surface area contributed by atoms with Gasteiger partial charge in [-0.2, -0.15) is 0 Å². The highest BCUT2D eigenvalue weighted by molar-refractivity contribution is 6.37. The summed E-state index contributed by atoms with van der Waals surface area (Å²) in [5.41, 5.74) is 0. The topological polar surface area (TPSA) is 68.3 Å². The highest BCUT2D eigenvalue weighted by Gasteiger charge is 2.13. The van der Waals surface area contributed by atoms with Gasteiger partial charge in [0, 0.05) is 6.20 Å². The molecule has 0 aliphatic rings. The molecular formula is C8H7ClN2O3. The van der Waals surface area contributed by atoms with E-state index in [2.05, 4.69) is 15.0 Å². The van der Waals surface area contributed by atoms with Crippen molar-refractivity contribution in [2.75, 3.05) is 12.4 Å². The molecule has 1 aromatic rings. The molecule has 0 aromatic carbocycles.